The molecule has 0 saturated carbocycles. The van der Waals surface area contributed by atoms with Gasteiger partial charge in [0.05, 0.1) is 37.3 Å². The van der Waals surface area contributed by atoms with Crippen LogP contribution in [0, 0.1) is 11.3 Å². The number of ether oxygens (including phenoxy) is 2. The first-order chi connectivity index (χ1) is 13.8. The van der Waals surface area contributed by atoms with Crippen molar-refractivity contribution in [3.63, 3.8) is 0 Å². The van der Waals surface area contributed by atoms with Crippen molar-refractivity contribution in [1.82, 2.24) is 0 Å². The Morgan fingerprint density at radius 1 is 1.07 bits per heavy atom. The minimum atomic E-state index is -3.49. The number of nitriles is 1. The van der Waals surface area contributed by atoms with Gasteiger partial charge in [-0.05, 0) is 54.7 Å². The Hall–Kier alpha value is -3.05. The number of anilines is 1. The van der Waals surface area contributed by atoms with Crippen molar-refractivity contribution in [2.24, 2.45) is 0 Å². The molecule has 0 fully saturated rings. The highest BCUT2D eigenvalue weighted by atomic mass is 32.2. The van der Waals surface area contributed by atoms with E-state index >= 15 is 0 Å². The Bertz CT molecular complexity index is 979. The second kappa shape index (κ2) is 10.5. The van der Waals surface area contributed by atoms with Crippen molar-refractivity contribution < 1.29 is 22.7 Å². The molecule has 0 bridgehead atoms. The summed E-state index contributed by atoms with van der Waals surface area (Å²) in [4.78, 5) is 11.1. The molecule has 0 aliphatic heterocycles. The van der Waals surface area contributed by atoms with Crippen LogP contribution in [0.15, 0.2) is 42.5 Å². The van der Waals surface area contributed by atoms with E-state index in [0.717, 1.165) is 30.2 Å². The lowest BCUT2D eigenvalue weighted by molar-refractivity contribution is -0.140. The number of esters is 1. The second-order valence-electron chi connectivity index (χ2n) is 6.51. The van der Waals surface area contributed by atoms with Crippen LogP contribution in [0.2, 0.25) is 0 Å². The number of nitrogens with zero attached hydrogens (tertiary/aromatic N) is 1. The van der Waals surface area contributed by atoms with E-state index in [1.807, 2.05) is 6.07 Å². The van der Waals surface area contributed by atoms with Crippen LogP contribution in [-0.2, 0) is 19.6 Å². The number of benzene rings is 2. The number of carbonyl (C=O) groups is 1. The first-order valence-electron chi connectivity index (χ1n) is 9.14. The molecule has 8 heteroatoms. The number of unbranched alkanes of at least 4 members (excludes halogenated alkanes) is 2. The lowest BCUT2D eigenvalue weighted by atomic mass is 10.0. The first-order valence-corrected chi connectivity index (χ1v) is 11.0. The zero-order chi connectivity index (χ0) is 21.3. The molecule has 0 atom stereocenters. The molecule has 0 aliphatic carbocycles. The van der Waals surface area contributed by atoms with E-state index < -0.39 is 10.0 Å². The van der Waals surface area contributed by atoms with Gasteiger partial charge >= 0.3 is 5.97 Å². The molecule has 0 radical (unpaired) electrons. The van der Waals surface area contributed by atoms with Gasteiger partial charge in [-0.25, -0.2) is 8.42 Å². The third-order valence-corrected chi connectivity index (χ3v) is 4.72. The molecule has 0 spiro atoms. The molecule has 154 valence electrons. The number of carbonyl (C=O) groups excluding carboxylic acids is 1. The van der Waals surface area contributed by atoms with E-state index in [1.165, 1.54) is 7.11 Å². The molecule has 2 aromatic rings. The number of methoxy groups -OCH3 is 1. The summed E-state index contributed by atoms with van der Waals surface area (Å²) in [6.45, 7) is 0.399. The molecule has 1 N–H and O–H groups in total. The summed E-state index contributed by atoms with van der Waals surface area (Å²) in [5.41, 5.74) is 2.56. The molecule has 0 aromatic heterocycles. The van der Waals surface area contributed by atoms with Crippen LogP contribution >= 0.6 is 0 Å². The van der Waals surface area contributed by atoms with E-state index in [2.05, 4.69) is 15.5 Å². The molecule has 0 aliphatic rings. The molecular weight excluding hydrogens is 392 g/mol. The standard InChI is InChI=1S/C21H24N2O5S/c1-27-21(24)6-4-3-5-13-28-20-12-11-18(14-19(20)23-29(2,25)26)17-9-7-16(15-22)8-10-17/h7-12,14,23H,3-6,13H2,1-2H3. The molecule has 0 saturated heterocycles. The highest BCUT2D eigenvalue weighted by Crippen LogP contribution is 2.32. The first kappa shape index (κ1) is 22.2. The van der Waals surface area contributed by atoms with Gasteiger partial charge in [0.1, 0.15) is 5.75 Å². The maximum atomic E-state index is 11.7. The largest absolute Gasteiger partial charge is 0.491 e. The third-order valence-electron chi connectivity index (χ3n) is 4.13. The Morgan fingerprint density at radius 3 is 2.38 bits per heavy atom. The normalized spacial score (nSPS) is 10.8. The van der Waals surface area contributed by atoms with Crippen LogP contribution in [0.3, 0.4) is 0 Å². The van der Waals surface area contributed by atoms with Crippen molar-refractivity contribution in [3.8, 4) is 22.9 Å². The van der Waals surface area contributed by atoms with Gasteiger partial charge in [-0.2, -0.15) is 5.26 Å². The zero-order valence-corrected chi connectivity index (χ0v) is 17.3. The summed E-state index contributed by atoms with van der Waals surface area (Å²) < 4.78 is 36.3. The summed E-state index contributed by atoms with van der Waals surface area (Å²) >= 11 is 0. The second-order valence-corrected chi connectivity index (χ2v) is 8.26. The minimum Gasteiger partial charge on any atom is -0.491 e. The molecule has 2 rings (SSSR count). The number of sulfonamides is 1. The number of hydrogen-bond acceptors (Lipinski definition) is 6. The van der Waals surface area contributed by atoms with Crippen LogP contribution in [0.4, 0.5) is 5.69 Å². The van der Waals surface area contributed by atoms with E-state index in [1.54, 1.807) is 36.4 Å². The summed E-state index contributed by atoms with van der Waals surface area (Å²) in [7, 11) is -2.12. The molecule has 0 heterocycles. The van der Waals surface area contributed by atoms with Crippen molar-refractivity contribution in [1.29, 1.82) is 5.26 Å². The fraction of sp³-hybridized carbons (Fsp3) is 0.333. The Balaban J connectivity index is 2.08. The van der Waals surface area contributed by atoms with Crippen LogP contribution in [-0.4, -0.2) is 34.4 Å². The van der Waals surface area contributed by atoms with E-state index in [-0.39, 0.29) is 5.97 Å². The fourth-order valence-corrected chi connectivity index (χ4v) is 3.24. The average Bonchev–Trinajstić information content (AvgIpc) is 2.70. The van der Waals surface area contributed by atoms with Gasteiger partial charge in [0.2, 0.25) is 10.0 Å². The highest BCUT2D eigenvalue weighted by Gasteiger charge is 2.11. The van der Waals surface area contributed by atoms with Gasteiger partial charge in [0.25, 0.3) is 0 Å². The molecule has 7 nitrogen and oxygen atoms in total. The maximum Gasteiger partial charge on any atom is 0.305 e. The van der Waals surface area contributed by atoms with Crippen LogP contribution in [0.1, 0.15) is 31.2 Å². The van der Waals surface area contributed by atoms with Gasteiger partial charge in [-0.15, -0.1) is 0 Å². The van der Waals surface area contributed by atoms with Crippen molar-refractivity contribution in [3.05, 3.63) is 48.0 Å². The topological polar surface area (TPSA) is 105 Å². The van der Waals surface area contributed by atoms with Gasteiger partial charge in [0, 0.05) is 6.42 Å². The molecule has 0 amide bonds. The minimum absolute atomic E-state index is 0.232. The van der Waals surface area contributed by atoms with Gasteiger partial charge in [-0.1, -0.05) is 18.2 Å². The molecule has 0 unspecified atom stereocenters. The lowest BCUT2D eigenvalue weighted by Crippen LogP contribution is -2.11. The summed E-state index contributed by atoms with van der Waals surface area (Å²) in [5.74, 6) is 0.199. The number of rotatable bonds is 10. The number of nitrogens with one attached hydrogen (secondary N) is 1. The molecule has 2 aromatic carbocycles. The summed E-state index contributed by atoms with van der Waals surface area (Å²) in [6, 6.07) is 14.3. The SMILES string of the molecule is COC(=O)CCCCCOc1ccc(-c2ccc(C#N)cc2)cc1NS(C)(=O)=O. The van der Waals surface area contributed by atoms with E-state index in [4.69, 9.17) is 10.00 Å². The van der Waals surface area contributed by atoms with E-state index in [0.29, 0.717) is 36.4 Å². The number of hydrogen-bond donors (Lipinski definition) is 1. The van der Waals surface area contributed by atoms with Gasteiger partial charge in [-0.3, -0.25) is 9.52 Å². The van der Waals surface area contributed by atoms with Crippen LogP contribution in [0.5, 0.6) is 5.75 Å². The Kier molecular flexibility index (Phi) is 8.04. The van der Waals surface area contributed by atoms with Crippen LogP contribution < -0.4 is 9.46 Å². The van der Waals surface area contributed by atoms with Gasteiger partial charge in [0.15, 0.2) is 0 Å². The van der Waals surface area contributed by atoms with Crippen molar-refractivity contribution in [2.75, 3.05) is 24.7 Å². The Morgan fingerprint density at radius 2 is 1.76 bits per heavy atom. The average molecular weight is 416 g/mol. The lowest BCUT2D eigenvalue weighted by Gasteiger charge is -2.14. The fourth-order valence-electron chi connectivity index (χ4n) is 2.68. The molecule has 29 heavy (non-hydrogen) atoms. The summed E-state index contributed by atoms with van der Waals surface area (Å²) in [6.07, 6.45) is 3.69. The summed E-state index contributed by atoms with van der Waals surface area (Å²) in [5, 5.41) is 8.92. The molecular formula is C21H24N2O5S. The predicted octanol–water partition coefficient (Wildman–Crippen LogP) is 3.71. The Labute approximate surface area is 171 Å². The monoisotopic (exact) mass is 416 g/mol. The zero-order valence-electron chi connectivity index (χ0n) is 16.5. The third kappa shape index (κ3) is 7.47. The van der Waals surface area contributed by atoms with Crippen molar-refractivity contribution in [2.45, 2.75) is 25.7 Å². The van der Waals surface area contributed by atoms with Crippen LogP contribution in [0.25, 0.3) is 11.1 Å². The van der Waals surface area contributed by atoms with Crippen molar-refractivity contribution >= 4 is 21.7 Å². The maximum absolute atomic E-state index is 11.7. The predicted molar refractivity (Wildman–Crippen MR) is 111 cm³/mol. The smallest absolute Gasteiger partial charge is 0.305 e. The van der Waals surface area contributed by atoms with E-state index in [9.17, 15) is 13.2 Å². The quantitative estimate of drug-likeness (QED) is 0.467. The van der Waals surface area contributed by atoms with Gasteiger partial charge < -0.3 is 9.47 Å². The highest BCUT2D eigenvalue weighted by molar-refractivity contribution is 7.92.